The number of piperidine rings is 1. The number of carbonyl (C=O) groups excluding carboxylic acids is 1. The number of aromatic nitrogens is 2. The summed E-state index contributed by atoms with van der Waals surface area (Å²) in [7, 11) is 0. The molecule has 136 valence electrons. The van der Waals surface area contributed by atoms with E-state index in [1.165, 1.54) is 17.4 Å². The predicted molar refractivity (Wildman–Crippen MR) is 100.0 cm³/mol. The van der Waals surface area contributed by atoms with E-state index in [1.807, 2.05) is 35.0 Å². The van der Waals surface area contributed by atoms with E-state index in [0.29, 0.717) is 17.8 Å². The van der Waals surface area contributed by atoms with E-state index in [0.717, 1.165) is 36.6 Å². The van der Waals surface area contributed by atoms with Gasteiger partial charge in [-0.3, -0.25) is 14.1 Å². The van der Waals surface area contributed by atoms with E-state index in [1.54, 1.807) is 6.07 Å². The molecule has 1 aromatic carbocycles. The number of nitrogens with one attached hydrogen (secondary N) is 1. The summed E-state index contributed by atoms with van der Waals surface area (Å²) >= 11 is 1.47. The van der Waals surface area contributed by atoms with Crippen LogP contribution < -0.4 is 5.32 Å². The fourth-order valence-corrected chi connectivity index (χ4v) is 4.40. The molecule has 2 aromatic heterocycles. The average molecular weight is 372 g/mol. The molecule has 0 bridgehead atoms. The van der Waals surface area contributed by atoms with Crippen molar-refractivity contribution in [1.82, 2.24) is 19.6 Å². The number of hydrogen-bond donors (Lipinski definition) is 1. The number of likely N-dealkylation sites (tertiary alicyclic amines) is 1. The Morgan fingerprint density at radius 1 is 1.42 bits per heavy atom. The molecule has 1 fully saturated rings. The second-order valence-electron chi connectivity index (χ2n) is 6.79. The lowest BCUT2D eigenvalue weighted by Gasteiger charge is -2.33. The first kappa shape index (κ1) is 17.2. The number of halogens is 1. The average Bonchev–Trinajstić information content (AvgIpc) is 3.16. The molecule has 3 heterocycles. The molecule has 1 unspecified atom stereocenters. The Bertz CT molecular complexity index is 935. The molecule has 0 saturated carbocycles. The highest BCUT2D eigenvalue weighted by Gasteiger charge is 2.24. The molecule has 1 saturated heterocycles. The van der Waals surface area contributed by atoms with Gasteiger partial charge in [0.15, 0.2) is 4.96 Å². The molecule has 7 heteroatoms. The van der Waals surface area contributed by atoms with Crippen LogP contribution in [0.3, 0.4) is 0 Å². The molecule has 1 amide bonds. The van der Waals surface area contributed by atoms with Crippen LogP contribution in [-0.4, -0.2) is 39.3 Å². The normalized spacial score (nSPS) is 18.3. The SMILES string of the molecule is Cc1cn2c(C(=O)NC3CCCN(Cc4ccccc4F)C3)csc2n1. The third-order valence-corrected chi connectivity index (χ3v) is 5.59. The zero-order chi connectivity index (χ0) is 18.1. The maximum atomic E-state index is 13.9. The summed E-state index contributed by atoms with van der Waals surface area (Å²) in [5.74, 6) is -0.249. The van der Waals surface area contributed by atoms with Crippen LogP contribution in [0.5, 0.6) is 0 Å². The van der Waals surface area contributed by atoms with E-state index >= 15 is 0 Å². The Morgan fingerprint density at radius 2 is 2.27 bits per heavy atom. The van der Waals surface area contributed by atoms with Crippen LogP contribution in [0.4, 0.5) is 4.39 Å². The molecule has 4 rings (SSSR count). The van der Waals surface area contributed by atoms with Crippen LogP contribution in [0, 0.1) is 12.7 Å². The number of hydrogen-bond acceptors (Lipinski definition) is 4. The summed E-state index contributed by atoms with van der Waals surface area (Å²) in [6.45, 7) is 4.14. The van der Waals surface area contributed by atoms with E-state index in [9.17, 15) is 9.18 Å². The Labute approximate surface area is 155 Å². The highest BCUT2D eigenvalue weighted by molar-refractivity contribution is 7.15. The van der Waals surface area contributed by atoms with Crippen LogP contribution in [-0.2, 0) is 6.54 Å². The van der Waals surface area contributed by atoms with Crippen LogP contribution >= 0.6 is 11.3 Å². The van der Waals surface area contributed by atoms with E-state index in [2.05, 4.69) is 15.2 Å². The van der Waals surface area contributed by atoms with Gasteiger partial charge >= 0.3 is 0 Å². The van der Waals surface area contributed by atoms with Crippen molar-refractivity contribution in [1.29, 1.82) is 0 Å². The number of amides is 1. The van der Waals surface area contributed by atoms with Gasteiger partial charge in [-0.05, 0) is 32.4 Å². The van der Waals surface area contributed by atoms with Gasteiger partial charge in [-0.1, -0.05) is 18.2 Å². The topological polar surface area (TPSA) is 49.6 Å². The molecule has 3 aromatic rings. The van der Waals surface area contributed by atoms with Crippen molar-refractivity contribution in [2.75, 3.05) is 13.1 Å². The third kappa shape index (κ3) is 3.50. The lowest BCUT2D eigenvalue weighted by Crippen LogP contribution is -2.47. The van der Waals surface area contributed by atoms with Crippen molar-refractivity contribution in [3.05, 3.63) is 58.6 Å². The number of imidazole rings is 1. The number of fused-ring (bicyclic) bond motifs is 1. The first-order chi connectivity index (χ1) is 12.6. The second kappa shape index (κ2) is 7.17. The van der Waals surface area contributed by atoms with Crippen LogP contribution in [0.1, 0.15) is 34.6 Å². The first-order valence-corrected chi connectivity index (χ1v) is 9.68. The lowest BCUT2D eigenvalue weighted by molar-refractivity contribution is 0.0894. The summed E-state index contributed by atoms with van der Waals surface area (Å²) in [4.78, 5) is 20.1. The number of nitrogens with zero attached hydrogens (tertiary/aromatic N) is 3. The Kier molecular flexibility index (Phi) is 4.74. The summed E-state index contributed by atoms with van der Waals surface area (Å²) in [6, 6.07) is 6.95. The van der Waals surface area contributed by atoms with Crippen molar-refractivity contribution >= 4 is 22.2 Å². The van der Waals surface area contributed by atoms with Crippen LogP contribution in [0.15, 0.2) is 35.8 Å². The van der Waals surface area contributed by atoms with Gasteiger partial charge in [0, 0.05) is 36.3 Å². The molecular weight excluding hydrogens is 351 g/mol. The second-order valence-corrected chi connectivity index (χ2v) is 7.63. The van der Waals surface area contributed by atoms with E-state index in [4.69, 9.17) is 0 Å². The third-order valence-electron chi connectivity index (χ3n) is 4.75. The van der Waals surface area contributed by atoms with E-state index in [-0.39, 0.29) is 17.8 Å². The number of aryl methyl sites for hydroxylation is 1. The fraction of sp³-hybridized carbons (Fsp3) is 0.368. The molecule has 1 N–H and O–H groups in total. The van der Waals surface area contributed by atoms with Gasteiger partial charge in [0.2, 0.25) is 0 Å². The molecule has 0 spiro atoms. The maximum absolute atomic E-state index is 13.9. The monoisotopic (exact) mass is 372 g/mol. The zero-order valence-electron chi connectivity index (χ0n) is 14.6. The Hall–Kier alpha value is -2.25. The van der Waals surface area contributed by atoms with Crippen molar-refractivity contribution in [2.45, 2.75) is 32.4 Å². The van der Waals surface area contributed by atoms with Gasteiger partial charge in [0.05, 0.1) is 5.69 Å². The van der Waals surface area contributed by atoms with Gasteiger partial charge in [0.25, 0.3) is 5.91 Å². The molecule has 1 aliphatic rings. The van der Waals surface area contributed by atoms with Crippen LogP contribution in [0.2, 0.25) is 0 Å². The molecule has 0 aliphatic carbocycles. The molecule has 0 radical (unpaired) electrons. The predicted octanol–water partition coefficient (Wildman–Crippen LogP) is 3.24. The summed E-state index contributed by atoms with van der Waals surface area (Å²) in [5, 5.41) is 4.98. The van der Waals surface area contributed by atoms with Crippen molar-refractivity contribution in [3.63, 3.8) is 0 Å². The highest BCUT2D eigenvalue weighted by atomic mass is 32.1. The Morgan fingerprint density at radius 3 is 3.12 bits per heavy atom. The minimum atomic E-state index is -0.171. The zero-order valence-corrected chi connectivity index (χ0v) is 15.4. The Balaban J connectivity index is 1.41. The van der Waals surface area contributed by atoms with E-state index < -0.39 is 0 Å². The largest absolute Gasteiger partial charge is 0.347 e. The number of benzene rings is 1. The van der Waals surface area contributed by atoms with Gasteiger partial charge in [-0.25, -0.2) is 9.37 Å². The molecule has 26 heavy (non-hydrogen) atoms. The minimum absolute atomic E-state index is 0.0718. The van der Waals surface area contributed by atoms with Crippen molar-refractivity contribution in [2.24, 2.45) is 0 Å². The van der Waals surface area contributed by atoms with Crippen molar-refractivity contribution in [3.8, 4) is 0 Å². The minimum Gasteiger partial charge on any atom is -0.347 e. The molecule has 1 aliphatic heterocycles. The van der Waals surface area contributed by atoms with Gasteiger partial charge in [-0.15, -0.1) is 11.3 Å². The van der Waals surface area contributed by atoms with Crippen LogP contribution in [0.25, 0.3) is 4.96 Å². The summed E-state index contributed by atoms with van der Waals surface area (Å²) < 4.78 is 15.7. The molecular formula is C19H21FN4OS. The lowest BCUT2D eigenvalue weighted by atomic mass is 10.0. The number of rotatable bonds is 4. The number of thiazole rings is 1. The van der Waals surface area contributed by atoms with Gasteiger partial charge in [0.1, 0.15) is 11.5 Å². The van der Waals surface area contributed by atoms with Gasteiger partial charge < -0.3 is 5.32 Å². The maximum Gasteiger partial charge on any atom is 0.269 e. The van der Waals surface area contributed by atoms with Crippen molar-refractivity contribution < 1.29 is 9.18 Å². The first-order valence-electron chi connectivity index (χ1n) is 8.80. The molecule has 1 atom stereocenters. The number of carbonyl (C=O) groups is 1. The summed E-state index contributed by atoms with van der Waals surface area (Å²) in [5.41, 5.74) is 2.23. The standard InChI is InChI=1S/C19H21FN4OS/c1-13-9-24-17(12-26-19(24)21-13)18(25)22-15-6-4-8-23(11-15)10-14-5-2-3-7-16(14)20/h2-3,5,7,9,12,15H,4,6,8,10-11H2,1H3,(H,22,25). The molecule has 5 nitrogen and oxygen atoms in total. The van der Waals surface area contributed by atoms with Gasteiger partial charge in [-0.2, -0.15) is 0 Å². The summed E-state index contributed by atoms with van der Waals surface area (Å²) in [6.07, 6.45) is 3.81. The highest BCUT2D eigenvalue weighted by Crippen LogP contribution is 2.19. The fourth-order valence-electron chi connectivity index (χ4n) is 3.50. The quantitative estimate of drug-likeness (QED) is 0.765. The smallest absolute Gasteiger partial charge is 0.269 e.